The second-order valence-corrected chi connectivity index (χ2v) is 5.30. The smallest absolute Gasteiger partial charge is 0.457 e. The van der Waals surface area contributed by atoms with Crippen LogP contribution in [0, 0.1) is 10.1 Å². The van der Waals surface area contributed by atoms with Crippen molar-refractivity contribution in [2.45, 2.75) is 13.0 Å². The van der Waals surface area contributed by atoms with E-state index in [0.717, 1.165) is 5.75 Å². The summed E-state index contributed by atoms with van der Waals surface area (Å²) in [6.07, 6.45) is 1.34. The number of benzene rings is 2. The van der Waals surface area contributed by atoms with Crippen LogP contribution < -0.4 is 10.1 Å². The summed E-state index contributed by atoms with van der Waals surface area (Å²) < 4.78 is 6.94. The van der Waals surface area contributed by atoms with Gasteiger partial charge in [0.05, 0.1) is 6.54 Å². The molecule has 0 aliphatic heterocycles. The monoisotopic (exact) mass is 353 g/mol. The Morgan fingerprint density at radius 3 is 2.46 bits per heavy atom. The van der Waals surface area contributed by atoms with Crippen molar-refractivity contribution in [1.82, 2.24) is 14.8 Å². The van der Waals surface area contributed by atoms with Crippen molar-refractivity contribution >= 4 is 17.5 Å². The first-order valence-electron chi connectivity index (χ1n) is 7.77. The number of aromatic nitrogens is 3. The van der Waals surface area contributed by atoms with Gasteiger partial charge in [-0.15, -0.1) is 0 Å². The number of carbonyl (C=O) groups is 1. The summed E-state index contributed by atoms with van der Waals surface area (Å²) in [5.41, 5.74) is 0.625. The maximum absolute atomic E-state index is 12.0. The highest BCUT2D eigenvalue weighted by atomic mass is 16.6. The minimum atomic E-state index is -0.685. The molecule has 0 fully saturated rings. The van der Waals surface area contributed by atoms with Crippen molar-refractivity contribution in [3.05, 3.63) is 71.0 Å². The largest absolute Gasteiger partial charge is 0.490 e. The average molecular weight is 353 g/mol. The molecule has 0 aliphatic rings. The molecule has 3 aromatic rings. The molecule has 1 amide bonds. The van der Waals surface area contributed by atoms with E-state index in [1.165, 1.54) is 11.0 Å². The van der Waals surface area contributed by atoms with Crippen LogP contribution in [0.3, 0.4) is 0 Å². The first-order valence-corrected chi connectivity index (χ1v) is 7.77. The quantitative estimate of drug-likeness (QED) is 0.516. The molecule has 0 radical (unpaired) electrons. The zero-order valence-corrected chi connectivity index (χ0v) is 13.6. The van der Waals surface area contributed by atoms with Gasteiger partial charge in [-0.2, -0.15) is 4.68 Å². The lowest BCUT2D eigenvalue weighted by Crippen LogP contribution is -2.14. The predicted molar refractivity (Wildman–Crippen MR) is 92.9 cm³/mol. The average Bonchev–Trinajstić information content (AvgIpc) is 3.12. The number of nitro groups is 1. The van der Waals surface area contributed by atoms with E-state index in [4.69, 9.17) is 4.74 Å². The third kappa shape index (κ3) is 4.63. The van der Waals surface area contributed by atoms with E-state index < -0.39 is 10.9 Å². The first kappa shape index (κ1) is 17.1. The fourth-order valence-electron chi connectivity index (χ4n) is 2.15. The zero-order valence-electron chi connectivity index (χ0n) is 13.6. The summed E-state index contributed by atoms with van der Waals surface area (Å²) in [5, 5.41) is 16.9. The van der Waals surface area contributed by atoms with Crippen molar-refractivity contribution < 1.29 is 14.5 Å². The molecule has 132 valence electrons. The minimum absolute atomic E-state index is 0.114. The summed E-state index contributed by atoms with van der Waals surface area (Å²) in [7, 11) is 0. The molecule has 3 rings (SSSR count). The van der Waals surface area contributed by atoms with Crippen LogP contribution in [-0.2, 0) is 11.3 Å². The highest BCUT2D eigenvalue weighted by molar-refractivity contribution is 5.90. The number of nitrogens with one attached hydrogen (secondary N) is 1. The van der Waals surface area contributed by atoms with E-state index in [1.54, 1.807) is 24.3 Å². The van der Waals surface area contributed by atoms with E-state index in [2.05, 4.69) is 15.4 Å². The van der Waals surface area contributed by atoms with Gasteiger partial charge in [0.2, 0.25) is 12.2 Å². The molecule has 0 atom stereocenters. The van der Waals surface area contributed by atoms with Gasteiger partial charge in [0.1, 0.15) is 11.5 Å². The van der Waals surface area contributed by atoms with Crippen LogP contribution in [0.5, 0.6) is 11.5 Å². The van der Waals surface area contributed by atoms with Crippen molar-refractivity contribution in [1.29, 1.82) is 0 Å². The minimum Gasteiger partial charge on any atom is -0.457 e. The number of hydrogen-bond acceptors (Lipinski definition) is 6. The third-order valence-corrected chi connectivity index (χ3v) is 3.37. The van der Waals surface area contributed by atoms with Crippen molar-refractivity contribution in [2.24, 2.45) is 0 Å². The molecule has 1 heterocycles. The summed E-state index contributed by atoms with van der Waals surface area (Å²) in [6, 6.07) is 16.3. The van der Waals surface area contributed by atoms with Crippen LogP contribution in [0.2, 0.25) is 0 Å². The molecule has 1 N–H and O–H groups in total. The second kappa shape index (κ2) is 7.88. The Morgan fingerprint density at radius 2 is 1.81 bits per heavy atom. The van der Waals surface area contributed by atoms with E-state index in [0.29, 0.717) is 11.4 Å². The Labute approximate surface area is 148 Å². The van der Waals surface area contributed by atoms with Crippen LogP contribution in [-0.4, -0.2) is 25.6 Å². The van der Waals surface area contributed by atoms with Crippen molar-refractivity contribution in [2.75, 3.05) is 5.32 Å². The number of anilines is 1. The summed E-state index contributed by atoms with van der Waals surface area (Å²) in [5.74, 6) is 0.662. The molecule has 9 heteroatoms. The molecule has 0 saturated carbocycles. The Balaban J connectivity index is 1.50. The van der Waals surface area contributed by atoms with Crippen molar-refractivity contribution in [3.8, 4) is 11.5 Å². The number of para-hydroxylation sites is 1. The van der Waals surface area contributed by atoms with E-state index in [1.807, 2.05) is 30.3 Å². The van der Waals surface area contributed by atoms with Gasteiger partial charge in [-0.25, -0.2) is 0 Å². The second-order valence-electron chi connectivity index (χ2n) is 5.30. The van der Waals surface area contributed by atoms with Gasteiger partial charge < -0.3 is 20.2 Å². The number of hydrogen-bond donors (Lipinski definition) is 1. The predicted octanol–water partition coefficient (Wildman–Crippen LogP) is 3.01. The van der Waals surface area contributed by atoms with Gasteiger partial charge in [0.15, 0.2) is 0 Å². The zero-order chi connectivity index (χ0) is 18.4. The molecule has 26 heavy (non-hydrogen) atoms. The molecule has 2 aromatic carbocycles. The van der Waals surface area contributed by atoms with Crippen LogP contribution in [0.15, 0.2) is 60.9 Å². The number of amides is 1. The SMILES string of the molecule is O=C(CCn1cnc([N+](=O)[O-])n1)Nc1ccc(Oc2ccccc2)cc1. The van der Waals surface area contributed by atoms with Gasteiger partial charge in [-0.1, -0.05) is 23.2 Å². The summed E-state index contributed by atoms with van der Waals surface area (Å²) >= 11 is 0. The molecule has 0 saturated heterocycles. The number of nitrogens with zero attached hydrogens (tertiary/aromatic N) is 4. The lowest BCUT2D eigenvalue weighted by molar-refractivity contribution is -0.394. The lowest BCUT2D eigenvalue weighted by Gasteiger charge is -2.08. The lowest BCUT2D eigenvalue weighted by atomic mass is 10.3. The molecule has 0 unspecified atom stereocenters. The Kier molecular flexibility index (Phi) is 5.18. The molecule has 0 bridgehead atoms. The van der Waals surface area contributed by atoms with Crippen LogP contribution in [0.1, 0.15) is 6.42 Å². The number of ether oxygens (including phenoxy) is 1. The normalized spacial score (nSPS) is 10.3. The fourth-order valence-corrected chi connectivity index (χ4v) is 2.15. The van der Waals surface area contributed by atoms with E-state index >= 15 is 0 Å². The maximum atomic E-state index is 12.0. The topological polar surface area (TPSA) is 112 Å². The Bertz CT molecular complexity index is 893. The van der Waals surface area contributed by atoms with Gasteiger partial charge in [-0.3, -0.25) is 4.79 Å². The number of carbonyl (C=O) groups excluding carboxylic acids is 1. The molecule has 9 nitrogen and oxygen atoms in total. The molecule has 0 aliphatic carbocycles. The van der Waals surface area contributed by atoms with Crippen LogP contribution in [0.4, 0.5) is 11.6 Å². The number of rotatable bonds is 7. The third-order valence-electron chi connectivity index (χ3n) is 3.37. The highest BCUT2D eigenvalue weighted by Gasteiger charge is 2.13. The Morgan fingerprint density at radius 1 is 1.12 bits per heavy atom. The van der Waals surface area contributed by atoms with Gasteiger partial charge >= 0.3 is 5.95 Å². The Hall–Kier alpha value is -3.75. The first-order chi connectivity index (χ1) is 12.6. The fraction of sp³-hybridized carbons (Fsp3) is 0.118. The highest BCUT2D eigenvalue weighted by Crippen LogP contribution is 2.22. The molecule has 1 aromatic heterocycles. The standard InChI is InChI=1S/C17H15N5O4/c23-16(10-11-21-12-18-17(20-21)22(24)25)19-13-6-8-15(9-7-13)26-14-4-2-1-3-5-14/h1-9,12H,10-11H2,(H,19,23). The molecular formula is C17H15N5O4. The van der Waals surface area contributed by atoms with Crippen LogP contribution >= 0.6 is 0 Å². The van der Waals surface area contributed by atoms with Crippen molar-refractivity contribution in [3.63, 3.8) is 0 Å². The van der Waals surface area contributed by atoms with Gasteiger partial charge in [0, 0.05) is 17.2 Å². The van der Waals surface area contributed by atoms with E-state index in [9.17, 15) is 14.9 Å². The molecular weight excluding hydrogens is 338 g/mol. The molecule has 0 spiro atoms. The maximum Gasteiger partial charge on any atom is 0.490 e. The summed E-state index contributed by atoms with van der Waals surface area (Å²) in [4.78, 5) is 25.3. The number of aryl methyl sites for hydroxylation is 1. The van der Waals surface area contributed by atoms with E-state index in [-0.39, 0.29) is 18.9 Å². The van der Waals surface area contributed by atoms with Gasteiger partial charge in [0.25, 0.3) is 0 Å². The van der Waals surface area contributed by atoms with Gasteiger partial charge in [-0.05, 0) is 41.3 Å². The van der Waals surface area contributed by atoms with Crippen LogP contribution in [0.25, 0.3) is 0 Å². The summed E-state index contributed by atoms with van der Waals surface area (Å²) in [6.45, 7) is 0.196.